The van der Waals surface area contributed by atoms with Gasteiger partial charge in [-0.2, -0.15) is 0 Å². The van der Waals surface area contributed by atoms with Gasteiger partial charge >= 0.3 is 0 Å². The van der Waals surface area contributed by atoms with Gasteiger partial charge in [-0.15, -0.1) is 0 Å². The number of rotatable bonds is 0. The van der Waals surface area contributed by atoms with E-state index in [1.165, 1.54) is 0 Å². The number of aromatic nitrogens is 1. The maximum Gasteiger partial charge on any atom is 0.142 e. The van der Waals surface area contributed by atoms with Gasteiger partial charge in [0.05, 0.1) is 5.35 Å². The molecular weight excluding hydrogens is 193 g/mol. The maximum absolute atomic E-state index is 5.94. The molecule has 0 unspecified atom stereocenters. The smallest absolute Gasteiger partial charge is 0.142 e. The molecule has 0 fully saturated rings. The van der Waals surface area contributed by atoms with Gasteiger partial charge < -0.3 is 0 Å². The Morgan fingerprint density at radius 3 is 3.08 bits per heavy atom. The molecule has 1 aromatic heterocycles. The Labute approximate surface area is 80.3 Å². The minimum Gasteiger partial charge on any atom is -0.257 e. The normalized spacial score (nSPS) is 18.8. The Balaban J connectivity index is 2.72. The second-order valence-corrected chi connectivity index (χ2v) is 4.33. The number of fused-ring (bicyclic) bond motifs is 1. The van der Waals surface area contributed by atoms with Crippen LogP contribution in [0.5, 0.6) is 0 Å². The molecule has 62 valence electrons. The van der Waals surface area contributed by atoms with Crippen LogP contribution in [0.1, 0.15) is 6.42 Å². The monoisotopic (exact) mass is 199 g/mol. The van der Waals surface area contributed by atoms with E-state index in [0.717, 1.165) is 10.6 Å². The van der Waals surface area contributed by atoms with Crippen molar-refractivity contribution in [2.45, 2.75) is 10.8 Å². The fourth-order valence-electron chi connectivity index (χ4n) is 1.23. The Kier molecular flexibility index (Phi) is 1.85. The molecule has 3 heteroatoms. The van der Waals surface area contributed by atoms with Crippen molar-refractivity contribution in [2.75, 3.05) is 0 Å². The Morgan fingerprint density at radius 2 is 2.25 bits per heavy atom. The van der Waals surface area contributed by atoms with Gasteiger partial charge in [-0.25, -0.2) is 0 Å². The lowest BCUT2D eigenvalue weighted by Crippen LogP contribution is -2.34. The van der Waals surface area contributed by atoms with Crippen LogP contribution in [-0.2, 0) is 0 Å². The number of hydrogen-bond donors (Lipinski definition) is 0. The van der Waals surface area contributed by atoms with Gasteiger partial charge in [0.2, 0.25) is 0 Å². The van der Waals surface area contributed by atoms with Gasteiger partial charge in [0.15, 0.2) is 0 Å². The molecule has 0 saturated carbocycles. The van der Waals surface area contributed by atoms with E-state index in [-0.39, 0.29) is 0 Å². The highest BCUT2D eigenvalue weighted by Gasteiger charge is 2.21. The number of pyridine rings is 1. The topological polar surface area (TPSA) is 12.9 Å². The van der Waals surface area contributed by atoms with E-state index >= 15 is 0 Å². The zero-order valence-corrected chi connectivity index (χ0v) is 7.81. The summed E-state index contributed by atoms with van der Waals surface area (Å²) in [5.41, 5.74) is 0. The van der Waals surface area contributed by atoms with Crippen molar-refractivity contribution in [3.63, 3.8) is 0 Å². The Bertz CT molecular complexity index is 409. The summed E-state index contributed by atoms with van der Waals surface area (Å²) in [5, 5.41) is 1.98. The van der Waals surface area contributed by atoms with Gasteiger partial charge in [0, 0.05) is 12.6 Å². The van der Waals surface area contributed by atoms with E-state index in [2.05, 4.69) is 4.98 Å². The van der Waals surface area contributed by atoms with Crippen molar-refractivity contribution in [3.8, 4) is 0 Å². The minimum absolute atomic E-state index is 0.648. The first-order valence-corrected chi connectivity index (χ1v) is 4.45. The largest absolute Gasteiger partial charge is 0.257 e. The molecule has 1 aromatic rings. The summed E-state index contributed by atoms with van der Waals surface area (Å²) in [6, 6.07) is 3.90. The van der Waals surface area contributed by atoms with Crippen LogP contribution in [-0.4, -0.2) is 9.32 Å². The number of alkyl halides is 2. The molecule has 0 atom stereocenters. The molecule has 12 heavy (non-hydrogen) atoms. The van der Waals surface area contributed by atoms with Crippen molar-refractivity contribution in [2.24, 2.45) is 0 Å². The van der Waals surface area contributed by atoms with Gasteiger partial charge in [-0.05, 0) is 17.4 Å². The standard InChI is InChI=1S/C9H7Cl2N/c10-9(11)4-3-7-2-1-5-12-8(7)6-9/h1-3,5-6H,4H2. The highest BCUT2D eigenvalue weighted by atomic mass is 35.5. The summed E-state index contributed by atoms with van der Waals surface area (Å²) in [4.78, 5) is 4.16. The van der Waals surface area contributed by atoms with Crippen LogP contribution < -0.4 is 10.6 Å². The van der Waals surface area contributed by atoms with E-state index in [4.69, 9.17) is 23.2 Å². The first-order chi connectivity index (χ1) is 5.67. The summed E-state index contributed by atoms with van der Waals surface area (Å²) < 4.78 is -0.776. The summed E-state index contributed by atoms with van der Waals surface area (Å²) >= 11 is 11.9. The first-order valence-electron chi connectivity index (χ1n) is 3.69. The van der Waals surface area contributed by atoms with Crippen molar-refractivity contribution in [1.29, 1.82) is 0 Å². The minimum atomic E-state index is -0.776. The second-order valence-electron chi connectivity index (χ2n) is 2.79. The molecule has 0 radical (unpaired) electrons. The molecule has 1 aliphatic carbocycles. The highest BCUT2D eigenvalue weighted by Crippen LogP contribution is 2.28. The number of nitrogens with zero attached hydrogens (tertiary/aromatic N) is 1. The summed E-state index contributed by atoms with van der Waals surface area (Å²) in [5.74, 6) is 0. The summed E-state index contributed by atoms with van der Waals surface area (Å²) in [7, 11) is 0. The molecule has 0 saturated heterocycles. The molecule has 1 aliphatic rings. The molecule has 1 heterocycles. The second kappa shape index (κ2) is 2.75. The molecule has 0 spiro atoms. The van der Waals surface area contributed by atoms with E-state index in [0.29, 0.717) is 6.42 Å². The van der Waals surface area contributed by atoms with Gasteiger partial charge in [-0.3, -0.25) is 4.98 Å². The molecule has 0 aliphatic heterocycles. The molecule has 0 N–H and O–H groups in total. The average molecular weight is 200 g/mol. The summed E-state index contributed by atoms with van der Waals surface area (Å²) in [6.07, 6.45) is 6.17. The number of halogens is 2. The predicted molar refractivity (Wildman–Crippen MR) is 51.5 cm³/mol. The van der Waals surface area contributed by atoms with Crippen LogP contribution in [0.4, 0.5) is 0 Å². The maximum atomic E-state index is 5.94. The molecular formula is C9H7Cl2N. The van der Waals surface area contributed by atoms with Crippen LogP contribution in [0, 0.1) is 0 Å². The van der Waals surface area contributed by atoms with Crippen LogP contribution >= 0.6 is 23.2 Å². The SMILES string of the molecule is ClC1(Cl)C=c2ncccc2=CC1. The first kappa shape index (κ1) is 8.09. The zero-order chi connectivity index (χ0) is 8.60. The van der Waals surface area contributed by atoms with Crippen LogP contribution in [0.2, 0.25) is 0 Å². The Morgan fingerprint density at radius 1 is 1.42 bits per heavy atom. The molecule has 1 nitrogen and oxygen atoms in total. The molecule has 2 rings (SSSR count). The fourth-order valence-corrected chi connectivity index (χ4v) is 1.59. The van der Waals surface area contributed by atoms with Crippen LogP contribution in [0.15, 0.2) is 18.3 Å². The number of hydrogen-bond acceptors (Lipinski definition) is 1. The lowest BCUT2D eigenvalue weighted by Gasteiger charge is -2.14. The van der Waals surface area contributed by atoms with Gasteiger partial charge in [0.1, 0.15) is 4.33 Å². The van der Waals surface area contributed by atoms with Gasteiger partial charge in [0.25, 0.3) is 0 Å². The average Bonchev–Trinajstić information content (AvgIpc) is 2.02. The zero-order valence-electron chi connectivity index (χ0n) is 6.30. The van der Waals surface area contributed by atoms with Crippen molar-refractivity contribution in [3.05, 3.63) is 28.9 Å². The van der Waals surface area contributed by atoms with E-state index in [1.807, 2.05) is 18.2 Å². The van der Waals surface area contributed by atoms with Crippen molar-refractivity contribution < 1.29 is 0 Å². The lowest BCUT2D eigenvalue weighted by molar-refractivity contribution is 1.02. The third kappa shape index (κ3) is 1.47. The third-order valence-corrected chi connectivity index (χ3v) is 2.34. The molecule has 0 aromatic carbocycles. The predicted octanol–water partition coefficient (Wildman–Crippen LogP) is 1.22. The Hall–Kier alpha value is -0.530. The van der Waals surface area contributed by atoms with E-state index < -0.39 is 4.33 Å². The quantitative estimate of drug-likeness (QED) is 0.574. The molecule has 0 bridgehead atoms. The van der Waals surface area contributed by atoms with Crippen LogP contribution in [0.3, 0.4) is 0 Å². The van der Waals surface area contributed by atoms with Crippen molar-refractivity contribution >= 4 is 35.4 Å². The van der Waals surface area contributed by atoms with E-state index in [9.17, 15) is 0 Å². The highest BCUT2D eigenvalue weighted by molar-refractivity contribution is 6.52. The molecule has 0 amide bonds. The fraction of sp³-hybridized carbons (Fsp3) is 0.222. The lowest BCUT2D eigenvalue weighted by atomic mass is 10.1. The van der Waals surface area contributed by atoms with Gasteiger partial charge in [-0.1, -0.05) is 35.3 Å². The van der Waals surface area contributed by atoms with E-state index in [1.54, 1.807) is 12.3 Å². The summed E-state index contributed by atoms with van der Waals surface area (Å²) in [6.45, 7) is 0. The van der Waals surface area contributed by atoms with Crippen molar-refractivity contribution in [1.82, 2.24) is 4.98 Å². The third-order valence-electron chi connectivity index (χ3n) is 1.81. The van der Waals surface area contributed by atoms with Crippen LogP contribution in [0.25, 0.3) is 12.2 Å².